The number of pyridine rings is 1. The summed E-state index contributed by atoms with van der Waals surface area (Å²) >= 11 is 0. The maximum absolute atomic E-state index is 10.0. The van der Waals surface area contributed by atoms with Crippen molar-refractivity contribution in [2.24, 2.45) is 5.41 Å². The summed E-state index contributed by atoms with van der Waals surface area (Å²) in [5.41, 5.74) is 2.58. The number of aryl methyl sites for hydroxylation is 1. The molecular weight excluding hydrogens is 374 g/mol. The molecule has 2 aromatic rings. The van der Waals surface area contributed by atoms with E-state index in [0.29, 0.717) is 11.3 Å². The van der Waals surface area contributed by atoms with Gasteiger partial charge in [-0.05, 0) is 38.5 Å². The predicted molar refractivity (Wildman–Crippen MR) is 112 cm³/mol. The Morgan fingerprint density at radius 1 is 1.21 bits per heavy atom. The van der Waals surface area contributed by atoms with E-state index < -0.39 is 9.84 Å². The molecule has 6 nitrogen and oxygen atoms in total. The third kappa shape index (κ3) is 5.46. The SMILES string of the molecule is CCS(C)(=O)=O.Cc1nnc2cc(OCC3(C)CCCCC3)c(C3CC3)cn12. The lowest BCUT2D eigenvalue weighted by Crippen LogP contribution is -2.27. The van der Waals surface area contributed by atoms with E-state index in [4.69, 9.17) is 4.74 Å². The van der Waals surface area contributed by atoms with Crippen molar-refractivity contribution in [2.45, 2.75) is 71.6 Å². The van der Waals surface area contributed by atoms with Crippen LogP contribution in [0.4, 0.5) is 0 Å². The van der Waals surface area contributed by atoms with Gasteiger partial charge in [0.25, 0.3) is 0 Å². The van der Waals surface area contributed by atoms with E-state index >= 15 is 0 Å². The molecule has 2 aliphatic carbocycles. The first-order valence-corrected chi connectivity index (χ1v) is 12.4. The number of sulfone groups is 1. The molecule has 7 heteroatoms. The summed E-state index contributed by atoms with van der Waals surface area (Å²) in [6, 6.07) is 2.08. The molecule has 2 heterocycles. The van der Waals surface area contributed by atoms with Crippen molar-refractivity contribution in [1.82, 2.24) is 14.6 Å². The molecule has 0 atom stereocenters. The van der Waals surface area contributed by atoms with Gasteiger partial charge in [-0.15, -0.1) is 10.2 Å². The monoisotopic (exact) mass is 407 g/mol. The molecule has 4 rings (SSSR count). The highest BCUT2D eigenvalue weighted by molar-refractivity contribution is 7.90. The van der Waals surface area contributed by atoms with Gasteiger partial charge in [0.2, 0.25) is 0 Å². The molecule has 2 aliphatic rings. The van der Waals surface area contributed by atoms with E-state index in [1.54, 1.807) is 6.92 Å². The van der Waals surface area contributed by atoms with Crippen LogP contribution in [0.15, 0.2) is 12.3 Å². The third-order valence-corrected chi connectivity index (χ3v) is 6.93. The Morgan fingerprint density at radius 3 is 2.43 bits per heavy atom. The summed E-state index contributed by atoms with van der Waals surface area (Å²) in [5, 5.41) is 8.42. The number of aromatic nitrogens is 3. The Kier molecular flexibility index (Phi) is 6.32. The first-order valence-electron chi connectivity index (χ1n) is 10.4. The Labute approximate surface area is 168 Å². The fraction of sp³-hybridized carbons (Fsp3) is 0.714. The molecule has 2 fully saturated rings. The minimum Gasteiger partial charge on any atom is -0.493 e. The van der Waals surface area contributed by atoms with Crippen LogP contribution in [0, 0.1) is 12.3 Å². The Hall–Kier alpha value is -1.63. The average molecular weight is 408 g/mol. The molecule has 156 valence electrons. The van der Waals surface area contributed by atoms with E-state index in [1.165, 1.54) is 56.8 Å². The lowest BCUT2D eigenvalue weighted by Gasteiger charge is -2.33. The molecule has 2 saturated carbocycles. The highest BCUT2D eigenvalue weighted by Crippen LogP contribution is 2.45. The minimum absolute atomic E-state index is 0.243. The molecule has 0 saturated heterocycles. The van der Waals surface area contributed by atoms with Gasteiger partial charge in [-0.2, -0.15) is 0 Å². The van der Waals surface area contributed by atoms with Crippen molar-refractivity contribution in [2.75, 3.05) is 18.6 Å². The molecule has 0 aromatic carbocycles. The number of rotatable bonds is 5. The fourth-order valence-electron chi connectivity index (χ4n) is 3.67. The van der Waals surface area contributed by atoms with E-state index in [1.807, 2.05) is 6.92 Å². The summed E-state index contributed by atoms with van der Waals surface area (Å²) in [4.78, 5) is 0. The first-order chi connectivity index (χ1) is 13.2. The van der Waals surface area contributed by atoms with E-state index in [0.717, 1.165) is 23.8 Å². The maximum atomic E-state index is 10.0. The number of nitrogens with zero attached hydrogens (tertiary/aromatic N) is 3. The minimum atomic E-state index is -2.66. The van der Waals surface area contributed by atoms with Crippen molar-refractivity contribution in [3.8, 4) is 5.75 Å². The lowest BCUT2D eigenvalue weighted by atomic mass is 9.76. The van der Waals surface area contributed by atoms with E-state index in [9.17, 15) is 8.42 Å². The Balaban J connectivity index is 0.000000330. The van der Waals surface area contributed by atoms with Crippen LogP contribution in [0.25, 0.3) is 5.65 Å². The third-order valence-electron chi connectivity index (χ3n) is 5.88. The molecule has 0 radical (unpaired) electrons. The molecule has 28 heavy (non-hydrogen) atoms. The molecule has 0 spiro atoms. The zero-order valence-electron chi connectivity index (χ0n) is 17.6. The second kappa shape index (κ2) is 8.39. The van der Waals surface area contributed by atoms with E-state index in [-0.39, 0.29) is 5.75 Å². The molecule has 0 bridgehead atoms. The molecule has 0 unspecified atom stereocenters. The van der Waals surface area contributed by atoms with Crippen LogP contribution >= 0.6 is 0 Å². The molecular formula is C21H33N3O3S. The number of ether oxygens (including phenoxy) is 1. The highest BCUT2D eigenvalue weighted by Gasteiger charge is 2.31. The average Bonchev–Trinajstić information content (AvgIpc) is 3.44. The highest BCUT2D eigenvalue weighted by atomic mass is 32.2. The standard InChI is InChI=1S/C18H25N3O.C3H8O2S/c1-13-19-20-17-10-16(15(11-21(13)17)14-6-7-14)22-12-18(2)8-4-3-5-9-18;1-3-6(2,4)5/h10-11,14H,3-9,12H2,1-2H3;3H2,1-2H3. The van der Waals surface area contributed by atoms with Crippen LogP contribution in [0.2, 0.25) is 0 Å². The zero-order chi connectivity index (χ0) is 20.4. The van der Waals surface area contributed by atoms with E-state index in [2.05, 4.69) is 33.8 Å². The van der Waals surface area contributed by atoms with Gasteiger partial charge in [0.15, 0.2) is 5.65 Å². The van der Waals surface area contributed by atoms with Crippen molar-refractivity contribution in [1.29, 1.82) is 0 Å². The van der Waals surface area contributed by atoms with Gasteiger partial charge in [0.05, 0.1) is 6.61 Å². The normalized spacial score (nSPS) is 19.1. The van der Waals surface area contributed by atoms with Gasteiger partial charge in [0, 0.05) is 35.3 Å². The quantitative estimate of drug-likeness (QED) is 0.738. The Morgan fingerprint density at radius 2 is 1.86 bits per heavy atom. The summed E-state index contributed by atoms with van der Waals surface area (Å²) < 4.78 is 28.4. The van der Waals surface area contributed by atoms with Gasteiger partial charge in [0.1, 0.15) is 21.4 Å². The van der Waals surface area contributed by atoms with Gasteiger partial charge >= 0.3 is 0 Å². The van der Waals surface area contributed by atoms with Crippen LogP contribution in [0.5, 0.6) is 5.75 Å². The van der Waals surface area contributed by atoms with Crippen LogP contribution < -0.4 is 4.74 Å². The topological polar surface area (TPSA) is 73.6 Å². The summed E-state index contributed by atoms with van der Waals surface area (Å²) in [7, 11) is -2.66. The largest absolute Gasteiger partial charge is 0.493 e. The maximum Gasteiger partial charge on any atom is 0.164 e. The lowest BCUT2D eigenvalue weighted by molar-refractivity contribution is 0.115. The first kappa shape index (κ1) is 21.1. The van der Waals surface area contributed by atoms with Gasteiger partial charge in [-0.1, -0.05) is 33.1 Å². The number of hydrogen-bond donors (Lipinski definition) is 0. The van der Waals surface area contributed by atoms with Crippen molar-refractivity contribution >= 4 is 15.5 Å². The smallest absolute Gasteiger partial charge is 0.164 e. The second-order valence-electron chi connectivity index (χ2n) is 8.72. The summed E-state index contributed by atoms with van der Waals surface area (Å²) in [6.07, 6.45) is 12.6. The van der Waals surface area contributed by atoms with Crippen molar-refractivity contribution in [3.05, 3.63) is 23.7 Å². The predicted octanol–water partition coefficient (Wildman–Crippen LogP) is 4.32. The van der Waals surface area contributed by atoms with Gasteiger partial charge in [-0.25, -0.2) is 8.42 Å². The van der Waals surface area contributed by atoms with Crippen LogP contribution in [-0.4, -0.2) is 41.6 Å². The molecule has 0 amide bonds. The van der Waals surface area contributed by atoms with Gasteiger partial charge in [-0.3, -0.25) is 4.40 Å². The molecule has 2 aromatic heterocycles. The van der Waals surface area contributed by atoms with Crippen LogP contribution in [-0.2, 0) is 9.84 Å². The van der Waals surface area contributed by atoms with Crippen molar-refractivity contribution in [3.63, 3.8) is 0 Å². The zero-order valence-corrected chi connectivity index (χ0v) is 18.4. The van der Waals surface area contributed by atoms with Crippen LogP contribution in [0.3, 0.4) is 0 Å². The number of fused-ring (bicyclic) bond motifs is 1. The Bertz CT molecular complexity index is 910. The summed E-state index contributed by atoms with van der Waals surface area (Å²) in [6.45, 7) is 6.83. The second-order valence-corrected chi connectivity index (χ2v) is 11.1. The fourth-order valence-corrected chi connectivity index (χ4v) is 3.67. The summed E-state index contributed by atoms with van der Waals surface area (Å²) in [5.74, 6) is 2.89. The molecule has 0 N–H and O–H groups in total. The van der Waals surface area contributed by atoms with Gasteiger partial charge < -0.3 is 4.74 Å². The number of hydrogen-bond acceptors (Lipinski definition) is 5. The molecule has 0 aliphatic heterocycles. The van der Waals surface area contributed by atoms with Crippen molar-refractivity contribution < 1.29 is 13.2 Å². The van der Waals surface area contributed by atoms with Crippen LogP contribution in [0.1, 0.15) is 76.1 Å².